The minimum absolute atomic E-state index is 0.156. The lowest BCUT2D eigenvalue weighted by atomic mass is 10.1. The van der Waals surface area contributed by atoms with Gasteiger partial charge in [-0.3, -0.25) is 9.69 Å². The maximum Gasteiger partial charge on any atom is 0.260 e. The number of benzene rings is 2. The predicted octanol–water partition coefficient (Wildman–Crippen LogP) is 5.02. The minimum atomic E-state index is -0.294. The molecule has 1 aliphatic heterocycles. The van der Waals surface area contributed by atoms with Gasteiger partial charge < -0.3 is 9.88 Å². The van der Waals surface area contributed by atoms with Gasteiger partial charge in [0.05, 0.1) is 11.9 Å². The molecule has 1 N–H and O–H groups in total. The third-order valence-electron chi connectivity index (χ3n) is 5.95. The van der Waals surface area contributed by atoms with Gasteiger partial charge in [0, 0.05) is 36.3 Å². The van der Waals surface area contributed by atoms with Crippen LogP contribution in [0.15, 0.2) is 58.7 Å². The molecular weight excluding hydrogens is 423 g/mol. The van der Waals surface area contributed by atoms with Crippen LogP contribution in [0.2, 0.25) is 0 Å². The standard InChI is InChI=1S/C25H25FN4OS/c1-29(14-18-6-2-3-7-21(18)30-12-4-5-13-30)15-22-27-24(31)23-20(16-32-25(23)28-22)17-8-10-19(26)11-9-17/h2-3,6-11,16H,4-5,12-15H2,1H3,(H,27,28,31). The van der Waals surface area contributed by atoms with Crippen LogP contribution in [0.1, 0.15) is 24.2 Å². The molecule has 0 bridgehead atoms. The number of halogens is 1. The molecule has 4 aromatic rings. The van der Waals surface area contributed by atoms with Crippen molar-refractivity contribution in [2.24, 2.45) is 0 Å². The van der Waals surface area contributed by atoms with Crippen molar-refractivity contribution >= 4 is 27.2 Å². The molecule has 3 heterocycles. The van der Waals surface area contributed by atoms with E-state index in [2.05, 4.69) is 39.0 Å². The van der Waals surface area contributed by atoms with Crippen LogP contribution in [0.3, 0.4) is 0 Å². The van der Waals surface area contributed by atoms with E-state index >= 15 is 0 Å². The molecule has 0 aliphatic carbocycles. The van der Waals surface area contributed by atoms with Gasteiger partial charge in [-0.05, 0) is 49.2 Å². The minimum Gasteiger partial charge on any atom is -0.371 e. The van der Waals surface area contributed by atoms with Crippen LogP contribution in [0.5, 0.6) is 0 Å². The normalized spacial score (nSPS) is 14.0. The van der Waals surface area contributed by atoms with Crippen molar-refractivity contribution in [2.45, 2.75) is 25.9 Å². The van der Waals surface area contributed by atoms with Gasteiger partial charge in [-0.1, -0.05) is 30.3 Å². The van der Waals surface area contributed by atoms with Crippen LogP contribution in [-0.4, -0.2) is 35.0 Å². The molecule has 0 radical (unpaired) electrons. The molecule has 164 valence electrons. The van der Waals surface area contributed by atoms with Gasteiger partial charge in [0.25, 0.3) is 5.56 Å². The Labute approximate surface area is 190 Å². The largest absolute Gasteiger partial charge is 0.371 e. The Kier molecular flexibility index (Phi) is 5.76. The Hall–Kier alpha value is -3.03. The zero-order chi connectivity index (χ0) is 22.1. The van der Waals surface area contributed by atoms with E-state index in [-0.39, 0.29) is 11.4 Å². The highest BCUT2D eigenvalue weighted by atomic mass is 32.1. The lowest BCUT2D eigenvalue weighted by Gasteiger charge is -2.24. The number of thiophene rings is 1. The summed E-state index contributed by atoms with van der Waals surface area (Å²) >= 11 is 1.44. The first-order valence-corrected chi connectivity index (χ1v) is 11.7. The van der Waals surface area contributed by atoms with Gasteiger partial charge in [-0.15, -0.1) is 11.3 Å². The van der Waals surface area contributed by atoms with Crippen LogP contribution in [0, 0.1) is 5.82 Å². The molecule has 0 unspecified atom stereocenters. The fraction of sp³-hybridized carbons (Fsp3) is 0.280. The smallest absolute Gasteiger partial charge is 0.260 e. The highest BCUT2D eigenvalue weighted by Gasteiger charge is 2.17. The van der Waals surface area contributed by atoms with Crippen molar-refractivity contribution < 1.29 is 4.39 Å². The van der Waals surface area contributed by atoms with E-state index < -0.39 is 0 Å². The number of hydrogen-bond acceptors (Lipinski definition) is 5. The number of nitrogens with one attached hydrogen (secondary N) is 1. The highest BCUT2D eigenvalue weighted by Crippen LogP contribution is 2.31. The SMILES string of the molecule is CN(Cc1nc2scc(-c3ccc(F)cc3)c2c(=O)[nH]1)Cc1ccccc1N1CCCC1. The Morgan fingerprint density at radius 1 is 1.09 bits per heavy atom. The lowest BCUT2D eigenvalue weighted by Crippen LogP contribution is -2.24. The monoisotopic (exact) mass is 448 g/mol. The van der Waals surface area contributed by atoms with Crippen molar-refractivity contribution in [3.8, 4) is 11.1 Å². The van der Waals surface area contributed by atoms with Gasteiger partial charge in [-0.25, -0.2) is 9.37 Å². The summed E-state index contributed by atoms with van der Waals surface area (Å²) in [5.74, 6) is 0.355. The molecule has 32 heavy (non-hydrogen) atoms. The maximum absolute atomic E-state index is 13.3. The summed E-state index contributed by atoms with van der Waals surface area (Å²) in [6.45, 7) is 3.55. The van der Waals surface area contributed by atoms with E-state index in [9.17, 15) is 9.18 Å². The van der Waals surface area contributed by atoms with E-state index in [1.54, 1.807) is 12.1 Å². The molecule has 1 saturated heterocycles. The molecule has 1 fully saturated rings. The van der Waals surface area contributed by atoms with E-state index in [0.717, 1.165) is 30.8 Å². The molecule has 2 aromatic carbocycles. The first kappa shape index (κ1) is 20.8. The molecule has 0 atom stereocenters. The van der Waals surface area contributed by atoms with Gasteiger partial charge in [0.2, 0.25) is 0 Å². The van der Waals surface area contributed by atoms with Crippen molar-refractivity contribution in [3.63, 3.8) is 0 Å². The van der Waals surface area contributed by atoms with Crippen molar-refractivity contribution in [1.29, 1.82) is 0 Å². The summed E-state index contributed by atoms with van der Waals surface area (Å²) in [4.78, 5) is 25.9. The summed E-state index contributed by atoms with van der Waals surface area (Å²) in [7, 11) is 2.04. The third kappa shape index (κ3) is 4.18. The van der Waals surface area contributed by atoms with E-state index in [0.29, 0.717) is 22.6 Å². The van der Waals surface area contributed by atoms with Crippen molar-refractivity contribution in [3.05, 3.63) is 81.5 Å². The second kappa shape index (κ2) is 8.84. The molecular formula is C25H25FN4OS. The van der Waals surface area contributed by atoms with Gasteiger partial charge in [0.15, 0.2) is 0 Å². The topological polar surface area (TPSA) is 52.2 Å². The first-order chi connectivity index (χ1) is 15.6. The lowest BCUT2D eigenvalue weighted by molar-refractivity contribution is 0.311. The number of H-pyrrole nitrogens is 1. The molecule has 7 heteroatoms. The summed E-state index contributed by atoms with van der Waals surface area (Å²) in [6, 6.07) is 14.7. The van der Waals surface area contributed by atoms with Gasteiger partial charge in [0.1, 0.15) is 16.5 Å². The number of anilines is 1. The predicted molar refractivity (Wildman–Crippen MR) is 129 cm³/mol. The Morgan fingerprint density at radius 3 is 2.62 bits per heavy atom. The van der Waals surface area contributed by atoms with E-state index in [1.165, 1.54) is 47.6 Å². The van der Waals surface area contributed by atoms with E-state index in [4.69, 9.17) is 4.98 Å². The van der Waals surface area contributed by atoms with E-state index in [1.807, 2.05) is 12.4 Å². The molecule has 5 nitrogen and oxygen atoms in total. The Morgan fingerprint density at radius 2 is 1.84 bits per heavy atom. The first-order valence-electron chi connectivity index (χ1n) is 10.9. The van der Waals surface area contributed by atoms with Crippen molar-refractivity contribution in [1.82, 2.24) is 14.9 Å². The number of aromatic nitrogens is 2. The Bertz CT molecular complexity index is 1290. The summed E-state index contributed by atoms with van der Waals surface area (Å²) < 4.78 is 13.3. The number of para-hydroxylation sites is 1. The van der Waals surface area contributed by atoms with Crippen LogP contribution in [0.25, 0.3) is 21.3 Å². The van der Waals surface area contributed by atoms with Crippen LogP contribution in [-0.2, 0) is 13.1 Å². The van der Waals surface area contributed by atoms with Crippen LogP contribution in [0.4, 0.5) is 10.1 Å². The molecule has 0 spiro atoms. The third-order valence-corrected chi connectivity index (χ3v) is 6.82. The van der Waals surface area contributed by atoms with Crippen LogP contribution < -0.4 is 10.5 Å². The van der Waals surface area contributed by atoms with Crippen molar-refractivity contribution in [2.75, 3.05) is 25.0 Å². The number of nitrogens with zero attached hydrogens (tertiary/aromatic N) is 3. The summed E-state index contributed by atoms with van der Waals surface area (Å²) in [5.41, 5.74) is 4.04. The number of fused-ring (bicyclic) bond motifs is 1. The van der Waals surface area contributed by atoms with Gasteiger partial charge in [-0.2, -0.15) is 0 Å². The second-order valence-corrected chi connectivity index (χ2v) is 9.20. The van der Waals surface area contributed by atoms with Gasteiger partial charge >= 0.3 is 0 Å². The molecule has 1 aliphatic rings. The highest BCUT2D eigenvalue weighted by molar-refractivity contribution is 7.17. The number of aromatic amines is 1. The quantitative estimate of drug-likeness (QED) is 0.450. The zero-order valence-corrected chi connectivity index (χ0v) is 18.8. The summed E-state index contributed by atoms with van der Waals surface area (Å²) in [5, 5.41) is 2.48. The molecule has 2 aromatic heterocycles. The molecule has 0 amide bonds. The maximum atomic E-state index is 13.3. The average molecular weight is 449 g/mol. The zero-order valence-electron chi connectivity index (χ0n) is 18.0. The number of rotatable bonds is 6. The Balaban J connectivity index is 1.37. The average Bonchev–Trinajstić information content (AvgIpc) is 3.45. The molecule has 5 rings (SSSR count). The summed E-state index contributed by atoms with van der Waals surface area (Å²) in [6.07, 6.45) is 2.49. The fourth-order valence-electron chi connectivity index (χ4n) is 4.42. The fourth-order valence-corrected chi connectivity index (χ4v) is 5.39. The van der Waals surface area contributed by atoms with Crippen LogP contribution >= 0.6 is 11.3 Å². The second-order valence-electron chi connectivity index (χ2n) is 8.34. The molecule has 0 saturated carbocycles. The number of hydrogen-bond donors (Lipinski definition) is 1.